The Hall–Kier alpha value is -4.89. The number of amides is 8. The van der Waals surface area contributed by atoms with E-state index >= 15 is 0 Å². The van der Waals surface area contributed by atoms with Crippen LogP contribution in [0.2, 0.25) is 0 Å². The molecule has 0 spiro atoms. The second-order valence-corrected chi connectivity index (χ2v) is 10.1. The zero-order valence-electron chi connectivity index (χ0n) is 25.3. The molecular formula is C25H44N10O11. The van der Waals surface area contributed by atoms with Crippen LogP contribution in [0.25, 0.3) is 0 Å². The number of carboxylic acids is 1. The molecule has 0 aromatic heterocycles. The number of primary amides is 2. The molecule has 0 saturated heterocycles. The summed E-state index contributed by atoms with van der Waals surface area (Å²) in [6.07, 6.45) is 0.305. The smallest absolute Gasteiger partial charge is 0.326 e. The highest BCUT2D eigenvalue weighted by molar-refractivity contribution is 5.95. The first kappa shape index (κ1) is 41.1. The van der Waals surface area contributed by atoms with Crippen molar-refractivity contribution in [2.45, 2.75) is 75.7 Å². The molecule has 0 saturated carbocycles. The molecule has 46 heavy (non-hydrogen) atoms. The first-order valence-corrected chi connectivity index (χ1v) is 14.1. The van der Waals surface area contributed by atoms with Crippen LogP contribution in [0, 0.1) is 0 Å². The van der Waals surface area contributed by atoms with E-state index in [4.69, 9.17) is 28.0 Å². The minimum Gasteiger partial charge on any atom is -0.480 e. The van der Waals surface area contributed by atoms with Gasteiger partial charge in [0.05, 0.1) is 32.2 Å². The second kappa shape index (κ2) is 21.8. The van der Waals surface area contributed by atoms with Gasteiger partial charge in [0.25, 0.3) is 0 Å². The van der Waals surface area contributed by atoms with Crippen molar-refractivity contribution in [1.29, 1.82) is 0 Å². The Bertz CT molecular complexity index is 1120. The first-order chi connectivity index (χ1) is 21.5. The summed E-state index contributed by atoms with van der Waals surface area (Å²) < 4.78 is 0. The van der Waals surface area contributed by atoms with Gasteiger partial charge in [0.15, 0.2) is 0 Å². The fraction of sp³-hybridized carbons (Fsp3) is 0.640. The van der Waals surface area contributed by atoms with E-state index in [-0.39, 0.29) is 12.8 Å². The molecule has 0 rings (SSSR count). The predicted octanol–water partition coefficient (Wildman–Crippen LogP) is -7.15. The van der Waals surface area contributed by atoms with Crippen molar-refractivity contribution in [1.82, 2.24) is 31.9 Å². The van der Waals surface area contributed by atoms with Gasteiger partial charge in [-0.05, 0) is 32.7 Å². The monoisotopic (exact) mass is 660 g/mol. The number of rotatable bonds is 23. The minimum atomic E-state index is -1.72. The molecule has 0 aliphatic carbocycles. The summed E-state index contributed by atoms with van der Waals surface area (Å²) in [5.41, 5.74) is 21.3. The Morgan fingerprint density at radius 1 is 0.674 bits per heavy atom. The summed E-state index contributed by atoms with van der Waals surface area (Å²) in [5.74, 6) is -8.71. The molecule has 0 unspecified atom stereocenters. The van der Waals surface area contributed by atoms with Gasteiger partial charge in [0.1, 0.15) is 24.2 Å². The quantitative estimate of drug-likeness (QED) is 0.0454. The van der Waals surface area contributed by atoms with Crippen molar-refractivity contribution in [2.75, 3.05) is 26.2 Å². The Morgan fingerprint density at radius 3 is 1.83 bits per heavy atom. The highest BCUT2D eigenvalue weighted by Gasteiger charge is 2.28. The number of hydrogen-bond acceptors (Lipinski definition) is 12. The highest BCUT2D eigenvalue weighted by atomic mass is 16.4. The number of aliphatic hydroxyl groups is 1. The number of aliphatic hydroxyl groups excluding tert-OH is 1. The molecule has 5 atom stereocenters. The van der Waals surface area contributed by atoms with Gasteiger partial charge >= 0.3 is 5.97 Å². The molecule has 16 N–H and O–H groups in total. The number of nitrogens with one attached hydrogen (secondary N) is 6. The summed E-state index contributed by atoms with van der Waals surface area (Å²) in [7, 11) is 0. The fourth-order valence-corrected chi connectivity index (χ4v) is 3.52. The van der Waals surface area contributed by atoms with Crippen molar-refractivity contribution in [3.05, 3.63) is 0 Å². The molecule has 0 aromatic rings. The van der Waals surface area contributed by atoms with Gasteiger partial charge in [-0.2, -0.15) is 0 Å². The normalized spacial score (nSPS) is 13.8. The van der Waals surface area contributed by atoms with Gasteiger partial charge in [0, 0.05) is 6.42 Å². The topological polar surface area (TPSA) is 370 Å². The van der Waals surface area contributed by atoms with Gasteiger partial charge in [-0.15, -0.1) is 0 Å². The third kappa shape index (κ3) is 17.4. The van der Waals surface area contributed by atoms with Gasteiger partial charge < -0.3 is 65.0 Å². The van der Waals surface area contributed by atoms with E-state index < -0.39 is 110 Å². The second-order valence-electron chi connectivity index (χ2n) is 10.1. The van der Waals surface area contributed by atoms with Gasteiger partial charge in [-0.1, -0.05) is 6.42 Å². The lowest BCUT2D eigenvalue weighted by atomic mass is 10.1. The number of hydrogen-bond donors (Lipinski definition) is 12. The number of carboxylic acid groups (broad SMARTS) is 1. The van der Waals surface area contributed by atoms with E-state index in [0.717, 1.165) is 0 Å². The van der Waals surface area contributed by atoms with E-state index in [1.807, 2.05) is 10.6 Å². The van der Waals surface area contributed by atoms with Crippen LogP contribution in [0.15, 0.2) is 0 Å². The largest absolute Gasteiger partial charge is 0.480 e. The lowest BCUT2D eigenvalue weighted by Gasteiger charge is -2.22. The molecule has 0 bridgehead atoms. The first-order valence-electron chi connectivity index (χ1n) is 14.1. The maximum Gasteiger partial charge on any atom is 0.326 e. The van der Waals surface area contributed by atoms with E-state index in [9.17, 15) is 48.3 Å². The van der Waals surface area contributed by atoms with Crippen LogP contribution in [-0.4, -0.2) is 120 Å². The molecule has 21 nitrogen and oxygen atoms in total. The lowest BCUT2D eigenvalue weighted by Crippen LogP contribution is -2.56. The van der Waals surface area contributed by atoms with Crippen LogP contribution in [0.5, 0.6) is 0 Å². The Balaban J connectivity index is 4.99. The predicted molar refractivity (Wildman–Crippen MR) is 157 cm³/mol. The molecule has 0 heterocycles. The van der Waals surface area contributed by atoms with E-state index in [2.05, 4.69) is 21.3 Å². The van der Waals surface area contributed by atoms with Gasteiger partial charge in [-0.3, -0.25) is 38.4 Å². The molecule has 0 aliphatic heterocycles. The molecule has 8 amide bonds. The Labute approximate surface area is 263 Å². The van der Waals surface area contributed by atoms with E-state index in [1.165, 1.54) is 6.92 Å². The van der Waals surface area contributed by atoms with Crippen LogP contribution >= 0.6 is 0 Å². The summed E-state index contributed by atoms with van der Waals surface area (Å²) in [6, 6.07) is -6.72. The summed E-state index contributed by atoms with van der Waals surface area (Å²) >= 11 is 0. The van der Waals surface area contributed by atoms with Crippen molar-refractivity contribution in [3.8, 4) is 0 Å². The van der Waals surface area contributed by atoms with Crippen LogP contribution in [0.1, 0.15) is 45.4 Å². The minimum absolute atomic E-state index is 0.247. The highest BCUT2D eigenvalue weighted by Crippen LogP contribution is 2.01. The van der Waals surface area contributed by atoms with Crippen molar-refractivity contribution >= 4 is 53.2 Å². The average molecular weight is 661 g/mol. The molecule has 0 radical (unpaired) electrons. The maximum absolute atomic E-state index is 12.7. The SMILES string of the molecule is C[C@H](NC(=O)[C@@H](N)CCCCN)C(=O)N[C@@H](CCC(N)=O)C(=O)NCC(=O)NCC(=O)N[C@@H](CO)C(=O)N[C@@H](CC(N)=O)C(=O)O. The fourth-order valence-electron chi connectivity index (χ4n) is 3.52. The molecular weight excluding hydrogens is 616 g/mol. The summed E-state index contributed by atoms with van der Waals surface area (Å²) in [5, 5.41) is 31.6. The molecule has 0 fully saturated rings. The van der Waals surface area contributed by atoms with Gasteiger partial charge in [-0.25, -0.2) is 4.79 Å². The Kier molecular flexibility index (Phi) is 19.4. The third-order valence-corrected chi connectivity index (χ3v) is 6.09. The maximum atomic E-state index is 12.7. The standard InChI is InChI=1S/C25H44N10O11/c1-12(32-22(42)13(27)4-2-3-7-26)21(41)34-14(5-6-17(28)37)23(43)31-9-19(39)30-10-20(40)33-16(11-36)24(44)35-15(25(45)46)8-18(29)38/h12-16,36H,2-11,26-27H2,1H3,(H2,28,37)(H2,29,38)(H,30,39)(H,31,43)(H,32,42)(H,33,40)(H,34,41)(H,35,44)(H,45,46)/t12-,13-,14-,15-,16-/m0/s1. The summed E-state index contributed by atoms with van der Waals surface area (Å²) in [6.45, 7) is -0.625. The van der Waals surface area contributed by atoms with Crippen molar-refractivity contribution < 1.29 is 53.4 Å². The zero-order valence-corrected chi connectivity index (χ0v) is 25.3. The van der Waals surface area contributed by atoms with Crippen LogP contribution < -0.4 is 54.8 Å². The lowest BCUT2D eigenvalue weighted by molar-refractivity contribution is -0.144. The van der Waals surface area contributed by atoms with Crippen LogP contribution in [-0.2, 0) is 43.2 Å². The molecule has 21 heteroatoms. The number of aliphatic carboxylic acids is 1. The zero-order chi connectivity index (χ0) is 35.4. The van der Waals surface area contributed by atoms with Crippen LogP contribution in [0.4, 0.5) is 0 Å². The number of unbranched alkanes of at least 4 members (excludes halogenated alkanes) is 1. The third-order valence-electron chi connectivity index (χ3n) is 6.09. The molecule has 0 aliphatic rings. The van der Waals surface area contributed by atoms with E-state index in [1.54, 1.807) is 0 Å². The van der Waals surface area contributed by atoms with Gasteiger partial charge in [0.2, 0.25) is 47.3 Å². The molecule has 0 aromatic carbocycles. The summed E-state index contributed by atoms with van der Waals surface area (Å²) in [4.78, 5) is 108. The molecule has 260 valence electrons. The number of carbonyl (C=O) groups is 9. The average Bonchev–Trinajstić information content (AvgIpc) is 2.98. The van der Waals surface area contributed by atoms with E-state index in [0.29, 0.717) is 25.8 Å². The van der Waals surface area contributed by atoms with Crippen molar-refractivity contribution in [3.63, 3.8) is 0 Å². The number of nitrogens with two attached hydrogens (primary N) is 4. The Morgan fingerprint density at radius 2 is 1.28 bits per heavy atom. The van der Waals surface area contributed by atoms with Crippen molar-refractivity contribution in [2.24, 2.45) is 22.9 Å². The number of carbonyl (C=O) groups excluding carboxylic acids is 8. The van der Waals surface area contributed by atoms with Crippen LogP contribution in [0.3, 0.4) is 0 Å².